The van der Waals surface area contributed by atoms with Gasteiger partial charge in [0.05, 0.1) is 34.9 Å². The van der Waals surface area contributed by atoms with Crippen LogP contribution in [0.25, 0.3) is 28.1 Å². The topological polar surface area (TPSA) is 104 Å². The molecule has 4 aromatic heterocycles. The molecular formula is C21H17N7O. The van der Waals surface area contributed by atoms with Gasteiger partial charge in [-0.1, -0.05) is 0 Å². The Morgan fingerprint density at radius 3 is 2.86 bits per heavy atom. The van der Waals surface area contributed by atoms with Crippen molar-refractivity contribution in [2.75, 3.05) is 5.32 Å². The van der Waals surface area contributed by atoms with Crippen molar-refractivity contribution in [3.05, 3.63) is 83.6 Å². The number of pyridine rings is 2. The number of nitrogens with one attached hydrogen (secondary N) is 3. The summed E-state index contributed by atoms with van der Waals surface area (Å²) in [6.45, 7) is 2.00. The highest BCUT2D eigenvalue weighted by atomic mass is 16.1. The highest BCUT2D eigenvalue weighted by Gasteiger charge is 2.16. The lowest BCUT2D eigenvalue weighted by Gasteiger charge is -2.09. The lowest BCUT2D eigenvalue weighted by atomic mass is 10.2. The Bertz CT molecular complexity index is 1350. The monoisotopic (exact) mass is 383 g/mol. The number of aromatic amines is 2. The minimum atomic E-state index is -0.231. The zero-order valence-corrected chi connectivity index (χ0v) is 15.5. The summed E-state index contributed by atoms with van der Waals surface area (Å²) in [6.07, 6.45) is 10.4. The van der Waals surface area contributed by atoms with Gasteiger partial charge >= 0.3 is 0 Å². The third kappa shape index (κ3) is 3.06. The molecule has 0 aliphatic carbocycles. The molecule has 0 unspecified atom stereocenters. The molecule has 0 aliphatic heterocycles. The summed E-state index contributed by atoms with van der Waals surface area (Å²) in [5.74, 6) is 0.499. The number of fused-ring (bicyclic) bond motifs is 1. The first kappa shape index (κ1) is 16.9. The van der Waals surface area contributed by atoms with Crippen LogP contribution in [0, 0.1) is 6.92 Å². The van der Waals surface area contributed by atoms with Crippen LogP contribution in [0.3, 0.4) is 0 Å². The zero-order valence-electron chi connectivity index (χ0n) is 15.5. The molecule has 0 saturated heterocycles. The van der Waals surface area contributed by atoms with Gasteiger partial charge in [0.1, 0.15) is 11.4 Å². The van der Waals surface area contributed by atoms with Crippen LogP contribution < -0.4 is 10.9 Å². The van der Waals surface area contributed by atoms with Crippen molar-refractivity contribution in [3.8, 4) is 17.1 Å². The summed E-state index contributed by atoms with van der Waals surface area (Å²) in [5.41, 5.74) is 5.28. The van der Waals surface area contributed by atoms with E-state index in [1.165, 1.54) is 0 Å². The van der Waals surface area contributed by atoms with E-state index in [9.17, 15) is 4.79 Å². The average Bonchev–Trinajstić information content (AvgIpc) is 3.39. The fourth-order valence-corrected chi connectivity index (χ4v) is 3.36. The Balaban J connectivity index is 1.64. The molecule has 0 radical (unpaired) electrons. The fraction of sp³-hybridized carbons (Fsp3) is 0.0476. The maximum atomic E-state index is 12.7. The van der Waals surface area contributed by atoms with Gasteiger partial charge in [0.25, 0.3) is 5.56 Å². The van der Waals surface area contributed by atoms with E-state index < -0.39 is 0 Å². The first-order chi connectivity index (χ1) is 14.2. The molecule has 8 nitrogen and oxygen atoms in total. The van der Waals surface area contributed by atoms with Gasteiger partial charge in [-0.2, -0.15) is 0 Å². The maximum Gasteiger partial charge on any atom is 0.261 e. The van der Waals surface area contributed by atoms with Gasteiger partial charge in [-0.25, -0.2) is 9.97 Å². The fourth-order valence-electron chi connectivity index (χ4n) is 3.36. The van der Waals surface area contributed by atoms with Crippen LogP contribution in [-0.4, -0.2) is 29.5 Å². The Kier molecular flexibility index (Phi) is 3.94. The number of nitrogens with zero attached hydrogens (tertiary/aromatic N) is 4. The SMILES string of the molecule is Cc1cc(-n2ccnc2)cc2[nH]c(-c3c(Nc4cccnc4)cc[nH]c3=O)nc12. The molecule has 0 amide bonds. The second-order valence-corrected chi connectivity index (χ2v) is 6.68. The van der Waals surface area contributed by atoms with Crippen molar-refractivity contribution in [1.29, 1.82) is 0 Å². The highest BCUT2D eigenvalue weighted by Crippen LogP contribution is 2.28. The second kappa shape index (κ2) is 6.75. The molecule has 0 aliphatic rings. The van der Waals surface area contributed by atoms with Crippen molar-refractivity contribution in [2.24, 2.45) is 0 Å². The Labute approximate surface area is 165 Å². The van der Waals surface area contributed by atoms with Crippen LogP contribution in [0.1, 0.15) is 5.56 Å². The number of anilines is 2. The van der Waals surface area contributed by atoms with E-state index in [1.807, 2.05) is 42.0 Å². The van der Waals surface area contributed by atoms with Crippen molar-refractivity contribution in [2.45, 2.75) is 6.92 Å². The number of imidazole rings is 2. The van der Waals surface area contributed by atoms with Gasteiger partial charge in [0, 0.05) is 30.5 Å². The van der Waals surface area contributed by atoms with Crippen LogP contribution >= 0.6 is 0 Å². The number of H-pyrrole nitrogens is 2. The van der Waals surface area contributed by atoms with Crippen LogP contribution in [0.5, 0.6) is 0 Å². The summed E-state index contributed by atoms with van der Waals surface area (Å²) < 4.78 is 1.93. The number of hydrogen-bond acceptors (Lipinski definition) is 5. The van der Waals surface area contributed by atoms with E-state index >= 15 is 0 Å². The smallest absolute Gasteiger partial charge is 0.261 e. The van der Waals surface area contributed by atoms with Crippen LogP contribution in [0.15, 0.2) is 72.4 Å². The predicted molar refractivity (Wildman–Crippen MR) is 112 cm³/mol. The molecule has 0 fully saturated rings. The van der Waals surface area contributed by atoms with Crippen LogP contribution in [0.4, 0.5) is 11.4 Å². The molecule has 0 spiro atoms. The molecule has 3 N–H and O–H groups in total. The molecule has 8 heteroatoms. The molecule has 142 valence electrons. The molecule has 4 heterocycles. The molecular weight excluding hydrogens is 366 g/mol. The average molecular weight is 383 g/mol. The Hall–Kier alpha value is -4.20. The molecule has 5 aromatic rings. The number of hydrogen-bond donors (Lipinski definition) is 3. The summed E-state index contributed by atoms with van der Waals surface area (Å²) in [4.78, 5) is 31.6. The molecule has 29 heavy (non-hydrogen) atoms. The lowest BCUT2D eigenvalue weighted by Crippen LogP contribution is -2.11. The van der Waals surface area contributed by atoms with E-state index in [0.717, 1.165) is 28.0 Å². The highest BCUT2D eigenvalue weighted by molar-refractivity contribution is 5.87. The largest absolute Gasteiger partial charge is 0.353 e. The molecule has 0 bridgehead atoms. The number of rotatable bonds is 4. The first-order valence-electron chi connectivity index (χ1n) is 9.07. The van der Waals surface area contributed by atoms with E-state index in [0.29, 0.717) is 17.1 Å². The van der Waals surface area contributed by atoms with Crippen molar-refractivity contribution in [1.82, 2.24) is 29.5 Å². The first-order valence-corrected chi connectivity index (χ1v) is 9.07. The molecule has 0 saturated carbocycles. The summed E-state index contributed by atoms with van der Waals surface area (Å²) >= 11 is 0. The molecule has 0 atom stereocenters. The maximum absolute atomic E-state index is 12.7. The number of aromatic nitrogens is 6. The Morgan fingerprint density at radius 2 is 2.07 bits per heavy atom. The van der Waals surface area contributed by atoms with Gasteiger partial charge in [-0.15, -0.1) is 0 Å². The van der Waals surface area contributed by atoms with Crippen molar-refractivity contribution in [3.63, 3.8) is 0 Å². The van der Waals surface area contributed by atoms with Crippen molar-refractivity contribution >= 4 is 22.4 Å². The van der Waals surface area contributed by atoms with Crippen LogP contribution in [0.2, 0.25) is 0 Å². The summed E-state index contributed by atoms with van der Waals surface area (Å²) in [7, 11) is 0. The lowest BCUT2D eigenvalue weighted by molar-refractivity contribution is 1.06. The van der Waals surface area contributed by atoms with E-state index in [-0.39, 0.29) is 5.56 Å². The minimum Gasteiger partial charge on any atom is -0.353 e. The second-order valence-electron chi connectivity index (χ2n) is 6.68. The predicted octanol–water partition coefficient (Wildman–Crippen LogP) is 3.55. The third-order valence-corrected chi connectivity index (χ3v) is 4.70. The zero-order chi connectivity index (χ0) is 19.8. The molecule has 5 rings (SSSR count). The van der Waals surface area contributed by atoms with Gasteiger partial charge in [0.2, 0.25) is 0 Å². The number of aryl methyl sites for hydroxylation is 1. The standard InChI is InChI=1S/C21H17N7O/c1-13-9-15(28-8-7-23-12-28)10-17-19(13)27-20(26-17)18-16(4-6-24-21(18)29)25-14-3-2-5-22-11-14/h2-12H,1H3,(H,26,27)(H2,24,25,29). The third-order valence-electron chi connectivity index (χ3n) is 4.70. The normalized spacial score (nSPS) is 11.1. The van der Waals surface area contributed by atoms with Gasteiger partial charge < -0.3 is 19.9 Å². The van der Waals surface area contributed by atoms with Crippen LogP contribution in [-0.2, 0) is 0 Å². The van der Waals surface area contributed by atoms with Crippen molar-refractivity contribution < 1.29 is 0 Å². The summed E-state index contributed by atoms with van der Waals surface area (Å²) in [6, 6.07) is 9.56. The van der Waals surface area contributed by atoms with E-state index in [1.54, 1.807) is 37.2 Å². The van der Waals surface area contributed by atoms with Gasteiger partial charge in [-0.3, -0.25) is 9.78 Å². The van der Waals surface area contributed by atoms with E-state index in [2.05, 4.69) is 25.3 Å². The molecule has 1 aromatic carbocycles. The van der Waals surface area contributed by atoms with E-state index in [4.69, 9.17) is 4.98 Å². The number of benzene rings is 1. The summed E-state index contributed by atoms with van der Waals surface area (Å²) in [5, 5.41) is 3.25. The minimum absolute atomic E-state index is 0.231. The van der Waals surface area contributed by atoms with Gasteiger partial charge in [0.15, 0.2) is 0 Å². The Morgan fingerprint density at radius 1 is 1.14 bits per heavy atom. The quantitative estimate of drug-likeness (QED) is 0.440. The van der Waals surface area contributed by atoms with Gasteiger partial charge in [-0.05, 0) is 42.8 Å².